The molecule has 1 atom stereocenters. The van der Waals surface area contributed by atoms with Crippen LogP contribution >= 0.6 is 11.8 Å². The summed E-state index contributed by atoms with van der Waals surface area (Å²) < 4.78 is 0. The largest absolute Gasteiger partial charge is 0.372 e. The standard InChI is InChI=1S/C24H30N2OS/c1-4-17-28-23-8-6-5-7-22(23)24(27)25-19(3)20-9-11-21(12-10-20)26-15-13-18(2)14-16-26/h4-12,18-19H,1,13-17H2,2-3H3,(H,25,27)/t19-/m0/s1. The fourth-order valence-electron chi connectivity index (χ4n) is 3.53. The van der Waals surface area contributed by atoms with Crippen LogP contribution in [0.3, 0.4) is 0 Å². The number of piperidine rings is 1. The number of amides is 1. The second-order valence-electron chi connectivity index (χ2n) is 7.55. The number of nitrogens with zero attached hydrogens (tertiary/aromatic N) is 1. The zero-order valence-corrected chi connectivity index (χ0v) is 17.7. The molecule has 0 aromatic heterocycles. The number of hydrogen-bond acceptors (Lipinski definition) is 3. The smallest absolute Gasteiger partial charge is 0.252 e. The van der Waals surface area contributed by atoms with Crippen LogP contribution in [0.2, 0.25) is 0 Å². The number of anilines is 1. The predicted molar refractivity (Wildman–Crippen MR) is 120 cm³/mol. The highest BCUT2D eigenvalue weighted by Crippen LogP contribution is 2.26. The lowest BCUT2D eigenvalue weighted by Crippen LogP contribution is -2.32. The average Bonchev–Trinajstić information content (AvgIpc) is 2.73. The van der Waals surface area contributed by atoms with Gasteiger partial charge < -0.3 is 10.2 Å². The molecule has 0 bridgehead atoms. The molecular weight excluding hydrogens is 364 g/mol. The number of nitrogens with one attached hydrogen (secondary N) is 1. The summed E-state index contributed by atoms with van der Waals surface area (Å²) in [5, 5.41) is 3.14. The molecule has 1 N–H and O–H groups in total. The van der Waals surface area contributed by atoms with Crippen LogP contribution in [0, 0.1) is 5.92 Å². The Kier molecular flexibility index (Phi) is 7.21. The third-order valence-corrected chi connectivity index (χ3v) is 6.45. The van der Waals surface area contributed by atoms with Gasteiger partial charge in [-0.2, -0.15) is 0 Å². The number of rotatable bonds is 7. The van der Waals surface area contributed by atoms with E-state index in [0.29, 0.717) is 0 Å². The molecule has 148 valence electrons. The number of hydrogen-bond donors (Lipinski definition) is 1. The summed E-state index contributed by atoms with van der Waals surface area (Å²) in [5.41, 5.74) is 3.12. The second kappa shape index (κ2) is 9.83. The minimum atomic E-state index is -0.0413. The number of carbonyl (C=O) groups is 1. The molecule has 1 fully saturated rings. The Labute approximate surface area is 173 Å². The predicted octanol–water partition coefficient (Wildman–Crippen LogP) is 5.69. The van der Waals surface area contributed by atoms with Crippen molar-refractivity contribution < 1.29 is 4.79 Å². The van der Waals surface area contributed by atoms with Gasteiger partial charge in [0.2, 0.25) is 0 Å². The molecule has 28 heavy (non-hydrogen) atoms. The van der Waals surface area contributed by atoms with Gasteiger partial charge in [-0.3, -0.25) is 4.79 Å². The third-order valence-electron chi connectivity index (χ3n) is 5.38. The van der Waals surface area contributed by atoms with E-state index in [1.807, 2.05) is 37.3 Å². The van der Waals surface area contributed by atoms with Gasteiger partial charge in [0.05, 0.1) is 11.6 Å². The zero-order chi connectivity index (χ0) is 19.9. The van der Waals surface area contributed by atoms with Crippen LogP contribution < -0.4 is 10.2 Å². The van der Waals surface area contributed by atoms with Crippen LogP contribution in [-0.2, 0) is 0 Å². The molecule has 0 unspecified atom stereocenters. The van der Waals surface area contributed by atoms with Crippen molar-refractivity contribution in [2.24, 2.45) is 5.92 Å². The number of carbonyl (C=O) groups excluding carboxylic acids is 1. The van der Waals surface area contributed by atoms with Crippen molar-refractivity contribution >= 4 is 23.4 Å². The SMILES string of the molecule is C=CCSc1ccccc1C(=O)N[C@@H](C)c1ccc(N2CCC(C)CC2)cc1. The van der Waals surface area contributed by atoms with Crippen LogP contribution in [0.1, 0.15) is 48.7 Å². The van der Waals surface area contributed by atoms with E-state index in [4.69, 9.17) is 0 Å². The van der Waals surface area contributed by atoms with E-state index >= 15 is 0 Å². The first-order chi connectivity index (χ1) is 13.6. The molecule has 1 heterocycles. The molecule has 0 radical (unpaired) electrons. The van der Waals surface area contributed by atoms with E-state index in [0.717, 1.165) is 40.8 Å². The molecule has 0 saturated carbocycles. The van der Waals surface area contributed by atoms with Crippen molar-refractivity contribution in [1.29, 1.82) is 0 Å². The van der Waals surface area contributed by atoms with E-state index in [1.165, 1.54) is 18.5 Å². The van der Waals surface area contributed by atoms with Crippen molar-refractivity contribution in [1.82, 2.24) is 5.32 Å². The summed E-state index contributed by atoms with van der Waals surface area (Å²) in [6, 6.07) is 16.3. The molecule has 1 saturated heterocycles. The monoisotopic (exact) mass is 394 g/mol. The maximum atomic E-state index is 12.8. The van der Waals surface area contributed by atoms with Gasteiger partial charge in [0, 0.05) is 29.4 Å². The van der Waals surface area contributed by atoms with Crippen LogP contribution in [-0.4, -0.2) is 24.7 Å². The molecule has 1 aliphatic heterocycles. The fraction of sp³-hybridized carbons (Fsp3) is 0.375. The van der Waals surface area contributed by atoms with Crippen LogP contribution in [0.25, 0.3) is 0 Å². The highest BCUT2D eigenvalue weighted by atomic mass is 32.2. The first-order valence-corrected chi connectivity index (χ1v) is 11.1. The Bertz CT molecular complexity index is 795. The van der Waals surface area contributed by atoms with E-state index in [1.54, 1.807) is 11.8 Å². The number of thioether (sulfide) groups is 1. The molecule has 3 rings (SSSR count). The quantitative estimate of drug-likeness (QED) is 0.483. The fourth-order valence-corrected chi connectivity index (χ4v) is 4.32. The third kappa shape index (κ3) is 5.20. The topological polar surface area (TPSA) is 32.3 Å². The summed E-state index contributed by atoms with van der Waals surface area (Å²) in [7, 11) is 0. The van der Waals surface area contributed by atoms with Crippen molar-refractivity contribution in [2.75, 3.05) is 23.7 Å². The van der Waals surface area contributed by atoms with E-state index in [9.17, 15) is 4.79 Å². The lowest BCUT2D eigenvalue weighted by molar-refractivity contribution is 0.0937. The van der Waals surface area contributed by atoms with Gasteiger partial charge in [0.1, 0.15) is 0 Å². The molecule has 2 aromatic carbocycles. The number of benzene rings is 2. The Morgan fingerprint density at radius 2 is 1.89 bits per heavy atom. The summed E-state index contributed by atoms with van der Waals surface area (Å²) >= 11 is 1.63. The highest BCUT2D eigenvalue weighted by Gasteiger charge is 2.17. The highest BCUT2D eigenvalue weighted by molar-refractivity contribution is 7.99. The first-order valence-electron chi connectivity index (χ1n) is 10.1. The van der Waals surface area contributed by atoms with E-state index in [-0.39, 0.29) is 11.9 Å². The van der Waals surface area contributed by atoms with Gasteiger partial charge in [-0.05, 0) is 55.5 Å². The zero-order valence-electron chi connectivity index (χ0n) is 16.9. The van der Waals surface area contributed by atoms with Crippen molar-refractivity contribution in [3.63, 3.8) is 0 Å². The van der Waals surface area contributed by atoms with Crippen molar-refractivity contribution in [3.8, 4) is 0 Å². The van der Waals surface area contributed by atoms with Crippen molar-refractivity contribution in [2.45, 2.75) is 37.6 Å². The van der Waals surface area contributed by atoms with Gasteiger partial charge in [0.25, 0.3) is 5.91 Å². The first kappa shape index (κ1) is 20.5. The Hall–Kier alpha value is -2.20. The summed E-state index contributed by atoms with van der Waals surface area (Å²) in [6.45, 7) is 10.4. The molecule has 3 nitrogen and oxygen atoms in total. The van der Waals surface area contributed by atoms with Gasteiger partial charge in [-0.1, -0.05) is 37.3 Å². The molecule has 0 spiro atoms. The van der Waals surface area contributed by atoms with Gasteiger partial charge >= 0.3 is 0 Å². The van der Waals surface area contributed by atoms with Gasteiger partial charge in [-0.15, -0.1) is 18.3 Å². The molecule has 4 heteroatoms. The van der Waals surface area contributed by atoms with Crippen molar-refractivity contribution in [3.05, 3.63) is 72.3 Å². The minimum absolute atomic E-state index is 0.0336. The summed E-state index contributed by atoms with van der Waals surface area (Å²) in [5.74, 6) is 1.59. The van der Waals surface area contributed by atoms with Crippen LogP contribution in [0.15, 0.2) is 66.1 Å². The van der Waals surface area contributed by atoms with E-state index < -0.39 is 0 Å². The summed E-state index contributed by atoms with van der Waals surface area (Å²) in [4.78, 5) is 16.2. The average molecular weight is 395 g/mol. The second-order valence-corrected chi connectivity index (χ2v) is 8.61. The maximum Gasteiger partial charge on any atom is 0.252 e. The van der Waals surface area contributed by atoms with Gasteiger partial charge in [0.15, 0.2) is 0 Å². The molecule has 1 amide bonds. The Morgan fingerprint density at radius 3 is 2.57 bits per heavy atom. The normalized spacial score (nSPS) is 15.9. The van der Waals surface area contributed by atoms with Crippen LogP contribution in [0.5, 0.6) is 0 Å². The van der Waals surface area contributed by atoms with E-state index in [2.05, 4.69) is 48.0 Å². The summed E-state index contributed by atoms with van der Waals surface area (Å²) in [6.07, 6.45) is 4.38. The Balaban J connectivity index is 1.64. The maximum absolute atomic E-state index is 12.8. The molecule has 2 aromatic rings. The lowest BCUT2D eigenvalue weighted by Gasteiger charge is -2.32. The molecular formula is C24H30N2OS. The minimum Gasteiger partial charge on any atom is -0.372 e. The molecule has 0 aliphatic carbocycles. The van der Waals surface area contributed by atoms with Gasteiger partial charge in [-0.25, -0.2) is 0 Å². The van der Waals surface area contributed by atoms with Crippen LogP contribution in [0.4, 0.5) is 5.69 Å². The lowest BCUT2D eigenvalue weighted by atomic mass is 9.98. The Morgan fingerprint density at radius 1 is 1.21 bits per heavy atom. The molecule has 1 aliphatic rings.